The van der Waals surface area contributed by atoms with Gasteiger partial charge in [0.25, 0.3) is 0 Å². The van der Waals surface area contributed by atoms with Crippen LogP contribution in [0.1, 0.15) is 31.9 Å². The Balaban J connectivity index is 1.70. The zero-order valence-electron chi connectivity index (χ0n) is 10.6. The predicted molar refractivity (Wildman–Crippen MR) is 79.2 cm³/mol. The first-order chi connectivity index (χ1) is 8.83. The molecular weight excluding hydrogens is 260 g/mol. The van der Waals surface area contributed by atoms with Crippen molar-refractivity contribution in [3.63, 3.8) is 0 Å². The molecule has 1 fully saturated rings. The first-order valence-corrected chi connectivity index (χ1v) is 8.36. The topological polar surface area (TPSA) is 16.1 Å². The molecule has 18 heavy (non-hydrogen) atoms. The predicted octanol–water partition coefficient (Wildman–Crippen LogP) is 4.25. The van der Waals surface area contributed by atoms with E-state index >= 15 is 0 Å². The van der Waals surface area contributed by atoms with E-state index in [1.54, 1.807) is 22.7 Å². The molecule has 0 saturated carbocycles. The van der Waals surface area contributed by atoms with E-state index in [4.69, 9.17) is 4.98 Å². The van der Waals surface area contributed by atoms with Gasteiger partial charge in [-0.3, -0.25) is 4.90 Å². The molecule has 3 heterocycles. The quantitative estimate of drug-likeness (QED) is 0.834. The van der Waals surface area contributed by atoms with Crippen LogP contribution in [0.4, 0.5) is 0 Å². The van der Waals surface area contributed by atoms with Gasteiger partial charge in [0.2, 0.25) is 0 Å². The van der Waals surface area contributed by atoms with Crippen molar-refractivity contribution in [2.75, 3.05) is 6.54 Å². The van der Waals surface area contributed by atoms with Gasteiger partial charge in [-0.1, -0.05) is 6.42 Å². The molecule has 0 aromatic carbocycles. The summed E-state index contributed by atoms with van der Waals surface area (Å²) in [5, 5.41) is 7.67. The molecule has 1 aliphatic rings. The lowest BCUT2D eigenvalue weighted by atomic mass is 10.0. The average Bonchev–Trinajstić information content (AvgIpc) is 3.02. The molecule has 4 heteroatoms. The minimum Gasteiger partial charge on any atom is -0.295 e. The second kappa shape index (κ2) is 5.51. The van der Waals surface area contributed by atoms with E-state index in [0.29, 0.717) is 6.04 Å². The van der Waals surface area contributed by atoms with E-state index < -0.39 is 0 Å². The third kappa shape index (κ3) is 2.66. The highest BCUT2D eigenvalue weighted by atomic mass is 32.1. The molecule has 0 bridgehead atoms. The lowest BCUT2D eigenvalue weighted by Crippen LogP contribution is -2.36. The van der Waals surface area contributed by atoms with Crippen LogP contribution >= 0.6 is 22.7 Å². The molecule has 0 N–H and O–H groups in total. The first kappa shape index (κ1) is 12.3. The van der Waals surface area contributed by atoms with Crippen LogP contribution in [-0.4, -0.2) is 22.5 Å². The standard InChI is InChI=1S/C14H18N2S2/c1-11-4-2-3-6-16(11)8-13-10-18-14(15-13)12-5-7-17-9-12/h5,7,9-11H,2-4,6,8H2,1H3. The van der Waals surface area contributed by atoms with Gasteiger partial charge in [-0.15, -0.1) is 11.3 Å². The fraction of sp³-hybridized carbons (Fsp3) is 0.500. The van der Waals surface area contributed by atoms with Gasteiger partial charge in [0.05, 0.1) is 5.69 Å². The van der Waals surface area contributed by atoms with E-state index in [1.165, 1.54) is 37.1 Å². The summed E-state index contributed by atoms with van der Waals surface area (Å²) in [7, 11) is 0. The Morgan fingerprint density at radius 3 is 3.11 bits per heavy atom. The van der Waals surface area contributed by atoms with Crippen LogP contribution in [-0.2, 0) is 6.54 Å². The molecule has 0 spiro atoms. The fourth-order valence-corrected chi connectivity index (χ4v) is 4.02. The van der Waals surface area contributed by atoms with Crippen LogP contribution in [0.15, 0.2) is 22.2 Å². The summed E-state index contributed by atoms with van der Waals surface area (Å²) in [6.07, 6.45) is 4.06. The van der Waals surface area contributed by atoms with Crippen molar-refractivity contribution in [2.24, 2.45) is 0 Å². The molecule has 0 amide bonds. The molecule has 0 radical (unpaired) electrons. The van der Waals surface area contributed by atoms with Gasteiger partial charge in [-0.05, 0) is 37.8 Å². The van der Waals surface area contributed by atoms with Gasteiger partial charge in [-0.2, -0.15) is 11.3 Å². The maximum Gasteiger partial charge on any atom is 0.124 e. The summed E-state index contributed by atoms with van der Waals surface area (Å²) >= 11 is 3.50. The molecule has 1 atom stereocenters. The van der Waals surface area contributed by atoms with E-state index in [-0.39, 0.29) is 0 Å². The third-order valence-corrected chi connectivity index (χ3v) is 5.25. The average molecular weight is 278 g/mol. The van der Waals surface area contributed by atoms with Crippen molar-refractivity contribution in [1.82, 2.24) is 9.88 Å². The maximum absolute atomic E-state index is 4.76. The molecule has 1 aliphatic heterocycles. The van der Waals surface area contributed by atoms with Crippen LogP contribution in [0, 0.1) is 0 Å². The molecule has 2 aromatic rings. The maximum atomic E-state index is 4.76. The molecule has 2 nitrogen and oxygen atoms in total. The summed E-state index contributed by atoms with van der Waals surface area (Å²) < 4.78 is 0. The number of rotatable bonds is 3. The molecule has 1 saturated heterocycles. The van der Waals surface area contributed by atoms with Gasteiger partial charge < -0.3 is 0 Å². The van der Waals surface area contributed by atoms with Crippen molar-refractivity contribution in [1.29, 1.82) is 0 Å². The number of aromatic nitrogens is 1. The number of piperidine rings is 1. The van der Waals surface area contributed by atoms with E-state index in [9.17, 15) is 0 Å². The Morgan fingerprint density at radius 2 is 2.33 bits per heavy atom. The smallest absolute Gasteiger partial charge is 0.124 e. The highest BCUT2D eigenvalue weighted by Gasteiger charge is 2.19. The van der Waals surface area contributed by atoms with Crippen LogP contribution in [0.5, 0.6) is 0 Å². The normalized spacial score (nSPS) is 21.3. The Morgan fingerprint density at radius 1 is 1.39 bits per heavy atom. The van der Waals surface area contributed by atoms with Crippen molar-refractivity contribution < 1.29 is 0 Å². The molecular formula is C14H18N2S2. The van der Waals surface area contributed by atoms with Gasteiger partial charge in [0, 0.05) is 28.9 Å². The number of hydrogen-bond acceptors (Lipinski definition) is 4. The van der Waals surface area contributed by atoms with Crippen LogP contribution < -0.4 is 0 Å². The summed E-state index contributed by atoms with van der Waals surface area (Å²) in [4.78, 5) is 7.33. The zero-order chi connectivity index (χ0) is 12.4. The second-order valence-corrected chi connectivity index (χ2v) is 6.61. The van der Waals surface area contributed by atoms with Crippen LogP contribution in [0.2, 0.25) is 0 Å². The van der Waals surface area contributed by atoms with Gasteiger partial charge in [0.15, 0.2) is 0 Å². The van der Waals surface area contributed by atoms with Crippen molar-refractivity contribution in [2.45, 2.75) is 38.8 Å². The SMILES string of the molecule is CC1CCCCN1Cc1csc(-c2ccsc2)n1. The number of thiazole rings is 1. The van der Waals surface area contributed by atoms with Gasteiger partial charge in [0.1, 0.15) is 5.01 Å². The highest BCUT2D eigenvalue weighted by Crippen LogP contribution is 2.27. The number of hydrogen-bond donors (Lipinski definition) is 0. The summed E-state index contributed by atoms with van der Waals surface area (Å²) in [6.45, 7) is 4.58. The van der Waals surface area contributed by atoms with Crippen molar-refractivity contribution in [3.8, 4) is 10.6 Å². The fourth-order valence-electron chi connectivity index (χ4n) is 2.50. The first-order valence-electron chi connectivity index (χ1n) is 6.54. The van der Waals surface area contributed by atoms with Crippen LogP contribution in [0.25, 0.3) is 10.6 Å². The highest BCUT2D eigenvalue weighted by molar-refractivity contribution is 7.14. The Kier molecular flexibility index (Phi) is 3.77. The molecule has 0 aliphatic carbocycles. The molecule has 96 valence electrons. The van der Waals surface area contributed by atoms with Crippen molar-refractivity contribution in [3.05, 3.63) is 27.9 Å². The molecule has 3 rings (SSSR count). The van der Waals surface area contributed by atoms with Crippen molar-refractivity contribution >= 4 is 22.7 Å². The van der Waals surface area contributed by atoms with Gasteiger partial charge >= 0.3 is 0 Å². The Bertz CT molecular complexity index is 490. The minimum absolute atomic E-state index is 0.713. The van der Waals surface area contributed by atoms with Crippen LogP contribution in [0.3, 0.4) is 0 Å². The lowest BCUT2D eigenvalue weighted by Gasteiger charge is -2.32. The van der Waals surface area contributed by atoms with E-state index in [1.807, 2.05) is 0 Å². The zero-order valence-corrected chi connectivity index (χ0v) is 12.3. The number of thiophene rings is 1. The minimum atomic E-state index is 0.713. The van der Waals surface area contributed by atoms with E-state index in [2.05, 4.69) is 34.0 Å². The summed E-state index contributed by atoms with van der Waals surface area (Å²) in [6, 6.07) is 2.86. The van der Waals surface area contributed by atoms with E-state index in [0.717, 1.165) is 11.6 Å². The lowest BCUT2D eigenvalue weighted by molar-refractivity contribution is 0.151. The number of nitrogens with zero attached hydrogens (tertiary/aromatic N) is 2. The largest absolute Gasteiger partial charge is 0.295 e. The Labute approximate surface area is 116 Å². The Hall–Kier alpha value is -0.710. The second-order valence-electron chi connectivity index (χ2n) is 4.97. The molecule has 1 unspecified atom stereocenters. The monoisotopic (exact) mass is 278 g/mol. The van der Waals surface area contributed by atoms with Gasteiger partial charge in [-0.25, -0.2) is 4.98 Å². The summed E-state index contributed by atoms with van der Waals surface area (Å²) in [5.74, 6) is 0. The number of likely N-dealkylation sites (tertiary alicyclic amines) is 1. The summed E-state index contributed by atoms with van der Waals surface area (Å²) in [5.41, 5.74) is 2.50. The third-order valence-electron chi connectivity index (χ3n) is 3.63. The molecule has 2 aromatic heterocycles.